The number of hydrogen-bond acceptors (Lipinski definition) is 6. The third-order valence-electron chi connectivity index (χ3n) is 11.2. The largest absolute Gasteiger partial charge is 0.462 e. The fraction of sp³-hybridized carbons (Fsp3) is 0.656. The molecule has 0 saturated heterocycles. The van der Waals surface area contributed by atoms with Gasteiger partial charge in [0, 0.05) is 19.3 Å². The van der Waals surface area contributed by atoms with Gasteiger partial charge in [0.2, 0.25) is 0 Å². The molecule has 0 N–H and O–H groups in total. The molecular formula is C61H100O6. The van der Waals surface area contributed by atoms with Crippen LogP contribution in [-0.4, -0.2) is 37.2 Å². The lowest BCUT2D eigenvalue weighted by molar-refractivity contribution is -0.167. The molecule has 0 heterocycles. The molecule has 0 aromatic carbocycles. The van der Waals surface area contributed by atoms with Crippen LogP contribution >= 0.6 is 0 Å². The number of unbranched alkanes of at least 4 members (excludes halogenated alkanes) is 19. The number of carbonyl (C=O) groups excluding carboxylic acids is 3. The van der Waals surface area contributed by atoms with E-state index in [1.54, 1.807) is 0 Å². The van der Waals surface area contributed by atoms with E-state index in [-0.39, 0.29) is 37.5 Å². The van der Waals surface area contributed by atoms with Crippen molar-refractivity contribution in [3.63, 3.8) is 0 Å². The van der Waals surface area contributed by atoms with Gasteiger partial charge in [-0.25, -0.2) is 0 Å². The molecule has 67 heavy (non-hydrogen) atoms. The van der Waals surface area contributed by atoms with E-state index in [2.05, 4.69) is 130 Å². The molecule has 0 rings (SSSR count). The third-order valence-corrected chi connectivity index (χ3v) is 11.2. The molecule has 0 aliphatic rings. The number of esters is 3. The van der Waals surface area contributed by atoms with Crippen LogP contribution in [0.2, 0.25) is 0 Å². The molecule has 0 radical (unpaired) electrons. The average Bonchev–Trinajstić information content (AvgIpc) is 3.33. The zero-order chi connectivity index (χ0) is 48.6. The van der Waals surface area contributed by atoms with Crippen LogP contribution in [0.1, 0.15) is 239 Å². The summed E-state index contributed by atoms with van der Waals surface area (Å²) in [6.07, 6.45) is 73.7. The monoisotopic (exact) mass is 929 g/mol. The van der Waals surface area contributed by atoms with Crippen molar-refractivity contribution in [1.29, 1.82) is 0 Å². The number of rotatable bonds is 48. The molecule has 0 fully saturated rings. The predicted octanol–water partition coefficient (Wildman–Crippen LogP) is 18.3. The molecule has 0 aliphatic carbocycles. The van der Waals surface area contributed by atoms with Gasteiger partial charge in [0.15, 0.2) is 6.10 Å². The Labute approximate surface area is 412 Å². The minimum atomic E-state index is -0.802. The van der Waals surface area contributed by atoms with E-state index in [9.17, 15) is 14.4 Å². The quantitative estimate of drug-likeness (QED) is 0.0262. The zero-order valence-corrected chi connectivity index (χ0v) is 43.4. The fourth-order valence-electron chi connectivity index (χ4n) is 7.19. The van der Waals surface area contributed by atoms with E-state index in [4.69, 9.17) is 14.2 Å². The summed E-state index contributed by atoms with van der Waals surface area (Å²) in [4.78, 5) is 38.0. The molecule has 6 heteroatoms. The number of hydrogen-bond donors (Lipinski definition) is 0. The molecular weight excluding hydrogens is 829 g/mol. The highest BCUT2D eigenvalue weighted by molar-refractivity contribution is 5.71. The lowest BCUT2D eigenvalue weighted by Gasteiger charge is -2.18. The van der Waals surface area contributed by atoms with Gasteiger partial charge >= 0.3 is 17.9 Å². The molecule has 0 spiro atoms. The molecule has 1 atom stereocenters. The Hall–Kier alpha value is -3.93. The summed E-state index contributed by atoms with van der Waals surface area (Å²) in [5, 5.41) is 0. The van der Waals surface area contributed by atoms with E-state index in [0.717, 1.165) is 141 Å². The van der Waals surface area contributed by atoms with Crippen LogP contribution in [0.3, 0.4) is 0 Å². The summed E-state index contributed by atoms with van der Waals surface area (Å²) in [7, 11) is 0. The van der Waals surface area contributed by atoms with Crippen molar-refractivity contribution in [3.05, 3.63) is 109 Å². The van der Waals surface area contributed by atoms with Crippen molar-refractivity contribution in [2.45, 2.75) is 245 Å². The van der Waals surface area contributed by atoms with Gasteiger partial charge in [-0.05, 0) is 116 Å². The summed E-state index contributed by atoms with van der Waals surface area (Å²) >= 11 is 0. The van der Waals surface area contributed by atoms with Gasteiger partial charge in [0.05, 0.1) is 0 Å². The highest BCUT2D eigenvalue weighted by Gasteiger charge is 2.19. The fourth-order valence-corrected chi connectivity index (χ4v) is 7.19. The Morgan fingerprint density at radius 1 is 0.313 bits per heavy atom. The first-order chi connectivity index (χ1) is 33.0. The van der Waals surface area contributed by atoms with E-state index in [1.165, 1.54) is 57.8 Å². The first-order valence-corrected chi connectivity index (χ1v) is 27.4. The summed E-state index contributed by atoms with van der Waals surface area (Å²) in [6, 6.07) is 0. The van der Waals surface area contributed by atoms with E-state index >= 15 is 0 Å². The molecule has 0 amide bonds. The standard InChI is InChI=1S/C61H100O6/c1-4-7-10-13-16-19-22-25-26-27-28-29-30-31-32-33-34-37-39-42-45-48-51-54-60(63)66-57-58(67-61(64)55-52-49-46-43-40-36-24-21-18-15-12-9-6-3)56-65-59(62)53-50-47-44-41-38-35-23-20-17-14-11-8-5-2/h7,9-12,14,16,18-21,23,25-26,28-29,36,40,58H,4-6,8,13,15,17,22,24,27,30-35,37-39,41-57H2,1-3H3/b10-7-,12-9-,14-11-,19-16-,21-18-,23-20-,26-25-,29-28-,40-36-. The minimum absolute atomic E-state index is 0.0983. The lowest BCUT2D eigenvalue weighted by atomic mass is 10.1. The van der Waals surface area contributed by atoms with Gasteiger partial charge in [0.1, 0.15) is 13.2 Å². The van der Waals surface area contributed by atoms with Crippen LogP contribution < -0.4 is 0 Å². The molecule has 380 valence electrons. The second-order valence-corrected chi connectivity index (χ2v) is 17.7. The van der Waals surface area contributed by atoms with E-state index < -0.39 is 6.10 Å². The molecule has 1 unspecified atom stereocenters. The van der Waals surface area contributed by atoms with Crippen molar-refractivity contribution in [1.82, 2.24) is 0 Å². The first kappa shape index (κ1) is 63.1. The van der Waals surface area contributed by atoms with Crippen LogP contribution in [0.15, 0.2) is 109 Å². The Morgan fingerprint density at radius 3 is 0.925 bits per heavy atom. The predicted molar refractivity (Wildman–Crippen MR) is 288 cm³/mol. The van der Waals surface area contributed by atoms with E-state index in [1.807, 2.05) is 0 Å². The summed E-state index contributed by atoms with van der Waals surface area (Å²) < 4.78 is 16.8. The summed E-state index contributed by atoms with van der Waals surface area (Å²) in [5.74, 6) is -0.950. The Bertz CT molecular complexity index is 1390. The van der Waals surface area contributed by atoms with Crippen molar-refractivity contribution < 1.29 is 28.6 Å². The van der Waals surface area contributed by atoms with Crippen LogP contribution in [0, 0.1) is 0 Å². The summed E-state index contributed by atoms with van der Waals surface area (Å²) in [6.45, 7) is 6.30. The van der Waals surface area contributed by atoms with Crippen molar-refractivity contribution in [2.24, 2.45) is 0 Å². The highest BCUT2D eigenvalue weighted by atomic mass is 16.6. The molecule has 0 aromatic heterocycles. The van der Waals surface area contributed by atoms with Crippen LogP contribution in [0.25, 0.3) is 0 Å². The topological polar surface area (TPSA) is 78.9 Å². The SMILES string of the molecule is CC/C=C\C/C=C\C/C=C\C/C=C\CCCCCCCCCCCCC(=O)OCC(COC(=O)CCCCCCC/C=C\C/C=C\CCC)OC(=O)CCCCC/C=C\C/C=C\C/C=C\CC. The van der Waals surface area contributed by atoms with Crippen molar-refractivity contribution >= 4 is 17.9 Å². The van der Waals surface area contributed by atoms with Gasteiger partial charge in [0.25, 0.3) is 0 Å². The zero-order valence-electron chi connectivity index (χ0n) is 43.4. The average molecular weight is 929 g/mol. The molecule has 0 aromatic rings. The van der Waals surface area contributed by atoms with Gasteiger partial charge in [-0.3, -0.25) is 14.4 Å². The number of ether oxygens (including phenoxy) is 3. The maximum Gasteiger partial charge on any atom is 0.306 e. The maximum atomic E-state index is 12.8. The second kappa shape index (κ2) is 54.7. The summed E-state index contributed by atoms with van der Waals surface area (Å²) in [5.41, 5.74) is 0. The first-order valence-electron chi connectivity index (χ1n) is 27.4. The third kappa shape index (κ3) is 52.9. The van der Waals surface area contributed by atoms with Crippen molar-refractivity contribution in [3.8, 4) is 0 Å². The normalized spacial score (nSPS) is 12.9. The van der Waals surface area contributed by atoms with Crippen LogP contribution in [-0.2, 0) is 28.6 Å². The smallest absolute Gasteiger partial charge is 0.306 e. The Kier molecular flexibility index (Phi) is 51.5. The van der Waals surface area contributed by atoms with Crippen LogP contribution in [0.5, 0.6) is 0 Å². The Balaban J connectivity index is 4.36. The van der Waals surface area contributed by atoms with Gasteiger partial charge in [-0.15, -0.1) is 0 Å². The number of carbonyl (C=O) groups is 3. The molecule has 0 aliphatic heterocycles. The van der Waals surface area contributed by atoms with E-state index in [0.29, 0.717) is 12.8 Å². The Morgan fingerprint density at radius 2 is 0.582 bits per heavy atom. The molecule has 0 bridgehead atoms. The van der Waals surface area contributed by atoms with Crippen LogP contribution in [0.4, 0.5) is 0 Å². The van der Waals surface area contributed by atoms with Gasteiger partial charge in [-0.1, -0.05) is 214 Å². The molecule has 0 saturated carbocycles. The highest BCUT2D eigenvalue weighted by Crippen LogP contribution is 2.14. The maximum absolute atomic E-state index is 12.8. The molecule has 6 nitrogen and oxygen atoms in total. The van der Waals surface area contributed by atoms with Gasteiger partial charge in [-0.2, -0.15) is 0 Å². The lowest BCUT2D eigenvalue weighted by Crippen LogP contribution is -2.30. The number of allylic oxidation sites excluding steroid dienone is 18. The second-order valence-electron chi connectivity index (χ2n) is 17.7. The van der Waals surface area contributed by atoms with Crippen molar-refractivity contribution in [2.75, 3.05) is 13.2 Å². The van der Waals surface area contributed by atoms with Gasteiger partial charge < -0.3 is 14.2 Å². The minimum Gasteiger partial charge on any atom is -0.462 e.